The molecule has 1 rings (SSSR count). The highest BCUT2D eigenvalue weighted by atomic mass is 15.1. The third-order valence-electron chi connectivity index (χ3n) is 2.46. The molecule has 0 aromatic rings. The van der Waals surface area contributed by atoms with E-state index in [-0.39, 0.29) is 0 Å². The van der Waals surface area contributed by atoms with Gasteiger partial charge in [0.25, 0.3) is 0 Å². The highest BCUT2D eigenvalue weighted by Gasteiger charge is 2.17. The van der Waals surface area contributed by atoms with E-state index in [1.54, 1.807) is 0 Å². The van der Waals surface area contributed by atoms with Gasteiger partial charge < -0.3 is 0 Å². The van der Waals surface area contributed by atoms with Crippen LogP contribution < -0.4 is 0 Å². The Hall–Kier alpha value is -0.300. The highest BCUT2D eigenvalue weighted by Crippen LogP contribution is 2.16. The molecule has 1 heteroatoms. The van der Waals surface area contributed by atoms with Crippen molar-refractivity contribution in [3.05, 3.63) is 12.2 Å². The molecular weight excluding hydrogens is 134 g/mol. The number of hydrogen-bond donors (Lipinski definition) is 0. The summed E-state index contributed by atoms with van der Waals surface area (Å²) in [7, 11) is 0. The fraction of sp³-hybridized carbons (Fsp3) is 0.800. The minimum atomic E-state index is 0.902. The van der Waals surface area contributed by atoms with Crippen LogP contribution in [0.4, 0.5) is 0 Å². The van der Waals surface area contributed by atoms with E-state index in [1.807, 2.05) is 0 Å². The van der Waals surface area contributed by atoms with Crippen LogP contribution in [-0.4, -0.2) is 24.5 Å². The van der Waals surface area contributed by atoms with E-state index in [2.05, 4.69) is 25.3 Å². The molecule has 64 valence electrons. The first kappa shape index (κ1) is 8.79. The standard InChI is InChI=1S/C10H19N/c1-4-9(2)7-11-6-5-10(3)8-11/h10H,2,4-8H2,1,3H3. The van der Waals surface area contributed by atoms with Crippen molar-refractivity contribution in [2.24, 2.45) is 5.92 Å². The minimum absolute atomic E-state index is 0.902. The van der Waals surface area contributed by atoms with Crippen molar-refractivity contribution in [1.29, 1.82) is 0 Å². The molecule has 0 aromatic carbocycles. The third kappa shape index (κ3) is 2.66. The fourth-order valence-corrected chi connectivity index (χ4v) is 1.60. The minimum Gasteiger partial charge on any atom is -0.299 e. The van der Waals surface area contributed by atoms with Gasteiger partial charge in [-0.2, -0.15) is 0 Å². The van der Waals surface area contributed by atoms with E-state index < -0.39 is 0 Å². The van der Waals surface area contributed by atoms with E-state index in [4.69, 9.17) is 0 Å². The maximum atomic E-state index is 4.02. The van der Waals surface area contributed by atoms with E-state index in [0.717, 1.165) is 18.9 Å². The van der Waals surface area contributed by atoms with Crippen LogP contribution in [0.1, 0.15) is 26.7 Å². The molecule has 1 aliphatic rings. The second kappa shape index (κ2) is 3.91. The lowest BCUT2D eigenvalue weighted by molar-refractivity contribution is 0.353. The summed E-state index contributed by atoms with van der Waals surface area (Å²) in [6, 6.07) is 0. The van der Waals surface area contributed by atoms with Crippen molar-refractivity contribution in [1.82, 2.24) is 4.90 Å². The first-order valence-electron chi connectivity index (χ1n) is 4.61. The molecule has 11 heavy (non-hydrogen) atoms. The lowest BCUT2D eigenvalue weighted by atomic mass is 10.2. The van der Waals surface area contributed by atoms with Gasteiger partial charge in [-0.25, -0.2) is 0 Å². The Kier molecular flexibility index (Phi) is 3.13. The van der Waals surface area contributed by atoms with Crippen LogP contribution in [0.2, 0.25) is 0 Å². The topological polar surface area (TPSA) is 3.24 Å². The van der Waals surface area contributed by atoms with E-state index >= 15 is 0 Å². The van der Waals surface area contributed by atoms with Gasteiger partial charge in [0, 0.05) is 13.1 Å². The molecule has 0 amide bonds. The van der Waals surface area contributed by atoms with Crippen LogP contribution >= 0.6 is 0 Å². The van der Waals surface area contributed by atoms with Crippen molar-refractivity contribution in [2.75, 3.05) is 19.6 Å². The second-order valence-electron chi connectivity index (χ2n) is 3.73. The molecule has 0 aliphatic carbocycles. The van der Waals surface area contributed by atoms with Crippen molar-refractivity contribution >= 4 is 0 Å². The van der Waals surface area contributed by atoms with Crippen molar-refractivity contribution in [3.63, 3.8) is 0 Å². The molecule has 1 fully saturated rings. The van der Waals surface area contributed by atoms with Crippen LogP contribution in [0, 0.1) is 5.92 Å². The molecule has 0 saturated carbocycles. The largest absolute Gasteiger partial charge is 0.299 e. The van der Waals surface area contributed by atoms with Crippen molar-refractivity contribution < 1.29 is 0 Å². The van der Waals surface area contributed by atoms with Gasteiger partial charge in [0.05, 0.1) is 0 Å². The van der Waals surface area contributed by atoms with Crippen LogP contribution in [0.5, 0.6) is 0 Å². The van der Waals surface area contributed by atoms with Crippen LogP contribution in [0.25, 0.3) is 0 Å². The zero-order chi connectivity index (χ0) is 8.27. The summed E-state index contributed by atoms with van der Waals surface area (Å²) in [4.78, 5) is 2.51. The SMILES string of the molecule is C=C(CC)CN1CCC(C)C1. The summed E-state index contributed by atoms with van der Waals surface area (Å²) in [5.74, 6) is 0.902. The van der Waals surface area contributed by atoms with E-state index in [1.165, 1.54) is 25.1 Å². The van der Waals surface area contributed by atoms with Crippen LogP contribution in [-0.2, 0) is 0 Å². The highest BCUT2D eigenvalue weighted by molar-refractivity contribution is 4.97. The fourth-order valence-electron chi connectivity index (χ4n) is 1.60. The Labute approximate surface area is 70.1 Å². The Morgan fingerprint density at radius 2 is 2.36 bits per heavy atom. The average Bonchev–Trinajstić information content (AvgIpc) is 2.35. The molecule has 1 saturated heterocycles. The Morgan fingerprint density at radius 1 is 1.64 bits per heavy atom. The monoisotopic (exact) mass is 153 g/mol. The smallest absolute Gasteiger partial charge is 0.0190 e. The molecule has 1 atom stereocenters. The van der Waals surface area contributed by atoms with Gasteiger partial charge in [0.15, 0.2) is 0 Å². The molecule has 1 heterocycles. The normalized spacial score (nSPS) is 25.8. The van der Waals surface area contributed by atoms with Crippen molar-refractivity contribution in [3.8, 4) is 0 Å². The van der Waals surface area contributed by atoms with Gasteiger partial charge >= 0.3 is 0 Å². The summed E-state index contributed by atoms with van der Waals surface area (Å²) in [5.41, 5.74) is 1.37. The molecule has 0 bridgehead atoms. The average molecular weight is 153 g/mol. The molecule has 1 unspecified atom stereocenters. The maximum Gasteiger partial charge on any atom is 0.0190 e. The lowest BCUT2D eigenvalue weighted by Gasteiger charge is -2.15. The zero-order valence-electron chi connectivity index (χ0n) is 7.77. The number of hydrogen-bond acceptors (Lipinski definition) is 1. The van der Waals surface area contributed by atoms with E-state index in [9.17, 15) is 0 Å². The predicted octanol–water partition coefficient (Wildman–Crippen LogP) is 2.29. The summed E-state index contributed by atoms with van der Waals surface area (Å²) in [6.07, 6.45) is 2.50. The van der Waals surface area contributed by atoms with Gasteiger partial charge in [0.2, 0.25) is 0 Å². The first-order valence-corrected chi connectivity index (χ1v) is 4.61. The molecular formula is C10H19N. The summed E-state index contributed by atoms with van der Waals surface area (Å²) >= 11 is 0. The number of nitrogens with zero attached hydrogens (tertiary/aromatic N) is 1. The Balaban J connectivity index is 2.23. The quantitative estimate of drug-likeness (QED) is 0.562. The van der Waals surface area contributed by atoms with Gasteiger partial charge in [0.1, 0.15) is 0 Å². The summed E-state index contributed by atoms with van der Waals surface area (Å²) in [6.45, 7) is 12.2. The van der Waals surface area contributed by atoms with Crippen LogP contribution in [0.3, 0.4) is 0 Å². The summed E-state index contributed by atoms with van der Waals surface area (Å²) < 4.78 is 0. The van der Waals surface area contributed by atoms with Crippen LogP contribution in [0.15, 0.2) is 12.2 Å². The van der Waals surface area contributed by atoms with Gasteiger partial charge in [-0.05, 0) is 25.3 Å². The molecule has 0 spiro atoms. The molecule has 0 N–H and O–H groups in total. The molecule has 0 aromatic heterocycles. The number of rotatable bonds is 3. The molecule has 0 radical (unpaired) electrons. The first-order chi connectivity index (χ1) is 5.22. The Morgan fingerprint density at radius 3 is 2.82 bits per heavy atom. The van der Waals surface area contributed by atoms with Gasteiger partial charge in [-0.15, -0.1) is 0 Å². The second-order valence-corrected chi connectivity index (χ2v) is 3.73. The van der Waals surface area contributed by atoms with Gasteiger partial charge in [-0.3, -0.25) is 4.90 Å². The molecule has 1 nitrogen and oxygen atoms in total. The summed E-state index contributed by atoms with van der Waals surface area (Å²) in [5, 5.41) is 0. The number of likely N-dealkylation sites (tertiary alicyclic amines) is 1. The van der Waals surface area contributed by atoms with Crippen molar-refractivity contribution in [2.45, 2.75) is 26.7 Å². The van der Waals surface area contributed by atoms with E-state index in [0.29, 0.717) is 0 Å². The molecule has 1 aliphatic heterocycles. The maximum absolute atomic E-state index is 4.02. The predicted molar refractivity (Wildman–Crippen MR) is 49.7 cm³/mol. The third-order valence-corrected chi connectivity index (χ3v) is 2.46. The lowest BCUT2D eigenvalue weighted by Crippen LogP contribution is -2.22. The zero-order valence-corrected chi connectivity index (χ0v) is 7.77. The Bertz CT molecular complexity index is 140. The van der Waals surface area contributed by atoms with Gasteiger partial charge in [-0.1, -0.05) is 26.0 Å².